The van der Waals surface area contributed by atoms with Gasteiger partial charge in [-0.2, -0.15) is 4.31 Å². The van der Waals surface area contributed by atoms with Crippen LogP contribution < -0.4 is 11.1 Å². The molecule has 2 heterocycles. The number of hydrogen-bond acceptors (Lipinski definition) is 6. The molecule has 1 saturated heterocycles. The number of primary amides is 1. The second kappa shape index (κ2) is 7.54. The average Bonchev–Trinajstić information content (AvgIpc) is 3.14. The van der Waals surface area contributed by atoms with Crippen molar-refractivity contribution in [2.24, 2.45) is 5.73 Å². The molecular formula is C16H17N3O5S2. The second-order valence-corrected chi connectivity index (χ2v) is 8.35. The summed E-state index contributed by atoms with van der Waals surface area (Å²) in [5.41, 5.74) is 5.92. The Morgan fingerprint density at radius 2 is 1.77 bits per heavy atom. The molecule has 1 aliphatic heterocycles. The van der Waals surface area contributed by atoms with Gasteiger partial charge in [0.25, 0.3) is 5.91 Å². The summed E-state index contributed by atoms with van der Waals surface area (Å²) in [6.07, 6.45) is 0. The number of amides is 2. The Kier molecular flexibility index (Phi) is 5.37. The van der Waals surface area contributed by atoms with E-state index >= 15 is 0 Å². The summed E-state index contributed by atoms with van der Waals surface area (Å²) in [5, 5.41) is 4.21. The first-order valence-electron chi connectivity index (χ1n) is 7.76. The summed E-state index contributed by atoms with van der Waals surface area (Å²) in [6, 6.07) is 7.46. The number of benzene rings is 1. The van der Waals surface area contributed by atoms with Crippen LogP contribution in [0.25, 0.3) is 0 Å². The van der Waals surface area contributed by atoms with Crippen molar-refractivity contribution in [3.05, 3.63) is 46.2 Å². The van der Waals surface area contributed by atoms with Gasteiger partial charge < -0.3 is 15.8 Å². The van der Waals surface area contributed by atoms with Crippen LogP contribution in [0.3, 0.4) is 0 Å². The highest BCUT2D eigenvalue weighted by Gasteiger charge is 2.31. The van der Waals surface area contributed by atoms with E-state index in [4.69, 9.17) is 10.5 Å². The summed E-state index contributed by atoms with van der Waals surface area (Å²) in [4.78, 5) is 23.7. The Bertz CT molecular complexity index is 916. The predicted molar refractivity (Wildman–Crippen MR) is 96.8 cm³/mol. The third kappa shape index (κ3) is 3.78. The van der Waals surface area contributed by atoms with Crippen molar-refractivity contribution in [2.45, 2.75) is 4.90 Å². The molecule has 0 atom stereocenters. The maximum Gasteiger partial charge on any atom is 0.267 e. The monoisotopic (exact) mass is 395 g/mol. The minimum atomic E-state index is -3.76. The van der Waals surface area contributed by atoms with Crippen LogP contribution in [-0.4, -0.2) is 50.8 Å². The SMILES string of the molecule is NC(=O)c1ccc(NC(=O)c2sccc2S(=O)(=O)N2CCOCC2)cc1. The molecule has 1 aromatic carbocycles. The number of sulfonamides is 1. The Morgan fingerprint density at radius 1 is 1.12 bits per heavy atom. The van der Waals surface area contributed by atoms with Gasteiger partial charge in [-0.15, -0.1) is 11.3 Å². The zero-order valence-corrected chi connectivity index (χ0v) is 15.3. The van der Waals surface area contributed by atoms with Gasteiger partial charge in [-0.05, 0) is 35.7 Å². The number of ether oxygens (including phenoxy) is 1. The highest BCUT2D eigenvalue weighted by atomic mass is 32.2. The zero-order valence-electron chi connectivity index (χ0n) is 13.7. The van der Waals surface area contributed by atoms with E-state index in [1.807, 2.05) is 0 Å². The topological polar surface area (TPSA) is 119 Å². The first-order valence-corrected chi connectivity index (χ1v) is 10.1. The van der Waals surface area contributed by atoms with Crippen LogP contribution in [0.15, 0.2) is 40.6 Å². The van der Waals surface area contributed by atoms with Gasteiger partial charge in [-0.25, -0.2) is 8.42 Å². The van der Waals surface area contributed by atoms with Crippen LogP contribution in [0.4, 0.5) is 5.69 Å². The lowest BCUT2D eigenvalue weighted by atomic mass is 10.2. The molecule has 0 aliphatic carbocycles. The number of hydrogen-bond donors (Lipinski definition) is 2. The maximum atomic E-state index is 12.8. The van der Waals surface area contributed by atoms with Crippen molar-refractivity contribution in [3.63, 3.8) is 0 Å². The smallest absolute Gasteiger partial charge is 0.267 e. The van der Waals surface area contributed by atoms with Crippen molar-refractivity contribution in [1.29, 1.82) is 0 Å². The minimum absolute atomic E-state index is 0.0179. The molecule has 0 bridgehead atoms. The fourth-order valence-electron chi connectivity index (χ4n) is 2.50. The molecule has 3 rings (SSSR count). The number of nitrogens with zero attached hydrogens (tertiary/aromatic N) is 1. The van der Waals surface area contributed by atoms with Crippen LogP contribution in [0, 0.1) is 0 Å². The van der Waals surface area contributed by atoms with Crippen molar-refractivity contribution < 1.29 is 22.7 Å². The first kappa shape index (κ1) is 18.5. The van der Waals surface area contributed by atoms with Gasteiger partial charge in [-0.1, -0.05) is 0 Å². The highest BCUT2D eigenvalue weighted by molar-refractivity contribution is 7.89. The van der Waals surface area contributed by atoms with Crippen LogP contribution in [0.2, 0.25) is 0 Å². The average molecular weight is 395 g/mol. The van der Waals surface area contributed by atoms with Crippen molar-refractivity contribution in [3.8, 4) is 0 Å². The molecule has 10 heteroatoms. The lowest BCUT2D eigenvalue weighted by Crippen LogP contribution is -2.41. The normalized spacial score (nSPS) is 15.5. The largest absolute Gasteiger partial charge is 0.379 e. The summed E-state index contributed by atoms with van der Waals surface area (Å²) in [6.45, 7) is 1.18. The molecule has 0 saturated carbocycles. The van der Waals surface area contributed by atoms with Crippen molar-refractivity contribution >= 4 is 38.9 Å². The number of morpholine rings is 1. The number of nitrogens with one attached hydrogen (secondary N) is 1. The quantitative estimate of drug-likeness (QED) is 0.786. The fraction of sp³-hybridized carbons (Fsp3) is 0.250. The molecule has 26 heavy (non-hydrogen) atoms. The Balaban J connectivity index is 1.81. The van der Waals surface area contributed by atoms with E-state index in [2.05, 4.69) is 5.32 Å². The van der Waals surface area contributed by atoms with Crippen molar-refractivity contribution in [2.75, 3.05) is 31.6 Å². The van der Waals surface area contributed by atoms with Gasteiger partial charge in [0.15, 0.2) is 0 Å². The molecule has 3 N–H and O–H groups in total. The molecule has 1 fully saturated rings. The van der Waals surface area contributed by atoms with E-state index < -0.39 is 21.8 Å². The van der Waals surface area contributed by atoms with E-state index in [0.717, 1.165) is 11.3 Å². The van der Waals surface area contributed by atoms with Gasteiger partial charge in [0.2, 0.25) is 15.9 Å². The molecule has 0 spiro atoms. The second-order valence-electron chi connectivity index (χ2n) is 5.53. The summed E-state index contributed by atoms with van der Waals surface area (Å²) in [7, 11) is -3.76. The van der Waals surface area contributed by atoms with Crippen LogP contribution in [0.5, 0.6) is 0 Å². The molecule has 1 aromatic heterocycles. The standard InChI is InChI=1S/C16H17N3O5S2/c17-15(20)11-1-3-12(4-2-11)18-16(21)14-13(5-10-25-14)26(22,23)19-6-8-24-9-7-19/h1-5,10H,6-9H2,(H2,17,20)(H,18,21). The third-order valence-corrected chi connectivity index (χ3v) is 6.83. The van der Waals surface area contributed by atoms with Gasteiger partial charge in [0.05, 0.1) is 13.2 Å². The number of thiophene rings is 1. The summed E-state index contributed by atoms with van der Waals surface area (Å²) in [5.74, 6) is -1.10. The molecule has 2 amide bonds. The Hall–Kier alpha value is -2.27. The maximum absolute atomic E-state index is 12.8. The van der Waals surface area contributed by atoms with Gasteiger partial charge in [-0.3, -0.25) is 9.59 Å². The number of carbonyl (C=O) groups excluding carboxylic acids is 2. The third-order valence-electron chi connectivity index (χ3n) is 3.85. The van der Waals surface area contributed by atoms with Crippen molar-refractivity contribution in [1.82, 2.24) is 4.31 Å². The highest BCUT2D eigenvalue weighted by Crippen LogP contribution is 2.27. The van der Waals surface area contributed by atoms with Crippen LogP contribution in [-0.2, 0) is 14.8 Å². The molecule has 0 radical (unpaired) electrons. The molecule has 2 aromatic rings. The molecule has 0 unspecified atom stereocenters. The van der Waals surface area contributed by atoms with Gasteiger partial charge in [0, 0.05) is 24.3 Å². The lowest BCUT2D eigenvalue weighted by molar-refractivity contribution is 0.0730. The molecule has 8 nitrogen and oxygen atoms in total. The van der Waals surface area contributed by atoms with Crippen LogP contribution >= 0.6 is 11.3 Å². The number of nitrogens with two attached hydrogens (primary N) is 1. The van der Waals surface area contributed by atoms with Gasteiger partial charge in [0.1, 0.15) is 9.77 Å². The summed E-state index contributed by atoms with van der Waals surface area (Å²) >= 11 is 1.05. The summed E-state index contributed by atoms with van der Waals surface area (Å²) < 4.78 is 32.1. The van der Waals surface area contributed by atoms with E-state index in [1.54, 1.807) is 5.38 Å². The molecule has 138 valence electrons. The molecular weight excluding hydrogens is 378 g/mol. The lowest BCUT2D eigenvalue weighted by Gasteiger charge is -2.26. The van der Waals surface area contributed by atoms with Gasteiger partial charge >= 0.3 is 0 Å². The van der Waals surface area contributed by atoms with Crippen LogP contribution in [0.1, 0.15) is 20.0 Å². The Labute approximate surface area is 154 Å². The van der Waals surface area contributed by atoms with E-state index in [9.17, 15) is 18.0 Å². The fourth-order valence-corrected chi connectivity index (χ4v) is 5.20. The minimum Gasteiger partial charge on any atom is -0.379 e. The van der Waals surface area contributed by atoms with E-state index in [0.29, 0.717) is 24.5 Å². The number of carbonyl (C=O) groups is 2. The number of anilines is 1. The zero-order chi connectivity index (χ0) is 18.7. The molecule has 1 aliphatic rings. The predicted octanol–water partition coefficient (Wildman–Crippen LogP) is 1.12. The first-order chi connectivity index (χ1) is 12.4. The Morgan fingerprint density at radius 3 is 2.38 bits per heavy atom. The van der Waals surface area contributed by atoms with E-state index in [1.165, 1.54) is 34.6 Å². The number of rotatable bonds is 5. The van der Waals surface area contributed by atoms with E-state index in [-0.39, 0.29) is 22.9 Å².